The number of fused-ring (bicyclic) bond motifs is 1. The zero-order valence-electron chi connectivity index (χ0n) is 12.9. The topological polar surface area (TPSA) is 96.0 Å². The number of nitrogens with zero attached hydrogens (tertiary/aromatic N) is 1. The van der Waals surface area contributed by atoms with Crippen molar-refractivity contribution in [2.24, 2.45) is 0 Å². The maximum atomic E-state index is 12.8. The first-order chi connectivity index (χ1) is 10.4. The predicted molar refractivity (Wildman–Crippen MR) is 82.3 cm³/mol. The Morgan fingerprint density at radius 1 is 1.09 bits per heavy atom. The molecule has 22 heavy (non-hydrogen) atoms. The van der Waals surface area contributed by atoms with Crippen molar-refractivity contribution in [2.45, 2.75) is 17.9 Å². The third-order valence-electron chi connectivity index (χ3n) is 3.70. The smallest absolute Gasteiger partial charge is 0.352 e. The minimum atomic E-state index is -3.45. The summed E-state index contributed by atoms with van der Waals surface area (Å²) in [5, 5.41) is 3.08. The van der Waals surface area contributed by atoms with Crippen molar-refractivity contribution >= 4 is 20.9 Å². The molecule has 10 heteroatoms. The van der Waals surface area contributed by atoms with Gasteiger partial charge in [0.05, 0.1) is 11.4 Å². The molecule has 2 atom stereocenters. The minimum absolute atomic E-state index is 0.182. The summed E-state index contributed by atoms with van der Waals surface area (Å²) in [5.41, 5.74) is 0.487. The summed E-state index contributed by atoms with van der Waals surface area (Å²) in [4.78, 5) is 4.26. The Balaban J connectivity index is 2.50. The molecule has 0 saturated carbocycles. The molecule has 0 aromatic carbocycles. The van der Waals surface area contributed by atoms with Gasteiger partial charge in [-0.2, -0.15) is 0 Å². The van der Waals surface area contributed by atoms with Gasteiger partial charge in [-0.3, -0.25) is 14.1 Å². The first kappa shape index (κ1) is 17.6. The van der Waals surface area contributed by atoms with E-state index in [9.17, 15) is 9.13 Å². The fourth-order valence-corrected chi connectivity index (χ4v) is 5.73. The van der Waals surface area contributed by atoms with E-state index in [-0.39, 0.29) is 6.42 Å². The van der Waals surface area contributed by atoms with E-state index in [0.29, 0.717) is 11.4 Å². The van der Waals surface area contributed by atoms with Crippen molar-refractivity contribution in [2.75, 3.05) is 33.8 Å². The number of nitrogens with one attached hydrogen (secondary N) is 1. The van der Waals surface area contributed by atoms with Gasteiger partial charge < -0.3 is 23.4 Å². The molecule has 2 rings (SSSR count). The quantitative estimate of drug-likeness (QED) is 0.781. The molecule has 0 spiro atoms. The second kappa shape index (κ2) is 6.79. The molecule has 0 bridgehead atoms. The second-order valence-corrected chi connectivity index (χ2v) is 9.52. The van der Waals surface area contributed by atoms with Crippen LogP contribution >= 0.6 is 15.2 Å². The highest BCUT2D eigenvalue weighted by molar-refractivity contribution is 7.55. The van der Waals surface area contributed by atoms with E-state index in [1.807, 2.05) is 0 Å². The highest BCUT2D eigenvalue weighted by atomic mass is 31.2. The molecule has 1 aromatic rings. The van der Waals surface area contributed by atoms with Gasteiger partial charge in [0, 0.05) is 34.6 Å². The Kier molecular flexibility index (Phi) is 5.43. The average Bonchev–Trinajstić information content (AvgIpc) is 2.59. The van der Waals surface area contributed by atoms with Gasteiger partial charge in [-0.15, -0.1) is 0 Å². The van der Waals surface area contributed by atoms with Crippen molar-refractivity contribution in [1.29, 1.82) is 0 Å². The predicted octanol–water partition coefficient (Wildman–Crippen LogP) is 3.24. The molecule has 2 heterocycles. The van der Waals surface area contributed by atoms with Crippen LogP contribution in [0.25, 0.3) is 0 Å². The van der Waals surface area contributed by atoms with Gasteiger partial charge in [0.25, 0.3) is 0 Å². The zero-order valence-corrected chi connectivity index (χ0v) is 14.7. The second-order valence-electron chi connectivity index (χ2n) is 4.66. The summed E-state index contributed by atoms with van der Waals surface area (Å²) in [6, 6.07) is 3.48. The van der Waals surface area contributed by atoms with Crippen LogP contribution < -0.4 is 5.32 Å². The molecule has 1 aliphatic rings. The summed E-state index contributed by atoms with van der Waals surface area (Å²) in [6.45, 7) is 0. The van der Waals surface area contributed by atoms with E-state index < -0.39 is 26.6 Å². The molecule has 2 unspecified atom stereocenters. The molecule has 0 aliphatic carbocycles. The Hall–Kier alpha value is -0.750. The summed E-state index contributed by atoms with van der Waals surface area (Å²) >= 11 is 0. The molecule has 0 fully saturated rings. The average molecular weight is 350 g/mol. The fourth-order valence-electron chi connectivity index (χ4n) is 2.51. The van der Waals surface area contributed by atoms with E-state index in [1.54, 1.807) is 18.3 Å². The largest absolute Gasteiger partial charge is 0.370 e. The summed E-state index contributed by atoms with van der Waals surface area (Å²) < 4.78 is 45.8. The number of aromatic nitrogens is 1. The van der Waals surface area contributed by atoms with Crippen molar-refractivity contribution in [1.82, 2.24) is 4.98 Å². The first-order valence-corrected chi connectivity index (χ1v) is 9.80. The lowest BCUT2D eigenvalue weighted by atomic mass is 10.1. The van der Waals surface area contributed by atoms with E-state index in [4.69, 9.17) is 18.1 Å². The molecular formula is C12H20N2O6P2. The summed E-state index contributed by atoms with van der Waals surface area (Å²) in [5.74, 6) is -0.678. The van der Waals surface area contributed by atoms with Crippen molar-refractivity contribution < 1.29 is 27.2 Å². The van der Waals surface area contributed by atoms with Gasteiger partial charge in [-0.05, 0) is 18.6 Å². The maximum absolute atomic E-state index is 12.8. The molecule has 0 saturated heterocycles. The lowest BCUT2D eigenvalue weighted by molar-refractivity contribution is 0.253. The monoisotopic (exact) mass is 350 g/mol. The molecule has 124 valence electrons. The number of pyridine rings is 1. The van der Waals surface area contributed by atoms with E-state index in [2.05, 4.69) is 10.3 Å². The van der Waals surface area contributed by atoms with Crippen LogP contribution in [-0.4, -0.2) is 39.2 Å². The third kappa shape index (κ3) is 3.00. The highest BCUT2D eigenvalue weighted by Gasteiger charge is 2.47. The lowest BCUT2D eigenvalue weighted by Crippen LogP contribution is -2.30. The first-order valence-electron chi connectivity index (χ1n) is 6.58. The van der Waals surface area contributed by atoms with Crippen LogP contribution in [0.5, 0.6) is 0 Å². The molecular weight excluding hydrogens is 330 g/mol. The van der Waals surface area contributed by atoms with Gasteiger partial charge in [-0.25, -0.2) is 0 Å². The number of rotatable bonds is 6. The molecule has 8 nitrogen and oxygen atoms in total. The number of hydrogen-bond donors (Lipinski definition) is 1. The third-order valence-corrected chi connectivity index (χ3v) is 8.06. The molecule has 1 N–H and O–H groups in total. The molecule has 0 radical (unpaired) electrons. The molecule has 1 aromatic heterocycles. The molecule has 0 amide bonds. The van der Waals surface area contributed by atoms with Crippen LogP contribution in [-0.2, 0) is 27.2 Å². The summed E-state index contributed by atoms with van der Waals surface area (Å²) in [7, 11) is -1.61. The van der Waals surface area contributed by atoms with Gasteiger partial charge in [0.2, 0.25) is 0 Å². The Morgan fingerprint density at radius 2 is 1.68 bits per heavy atom. The number of hydrogen-bond acceptors (Lipinski definition) is 8. The van der Waals surface area contributed by atoms with Crippen molar-refractivity contribution in [3.63, 3.8) is 0 Å². The van der Waals surface area contributed by atoms with Crippen molar-refractivity contribution in [3.8, 4) is 0 Å². The maximum Gasteiger partial charge on any atom is 0.352 e. The van der Waals surface area contributed by atoms with Gasteiger partial charge in [-0.1, -0.05) is 0 Å². The Morgan fingerprint density at radius 3 is 2.23 bits per heavy atom. The Labute approximate surface area is 129 Å². The van der Waals surface area contributed by atoms with Gasteiger partial charge in [0.1, 0.15) is 11.4 Å². The van der Waals surface area contributed by atoms with Crippen LogP contribution in [0.15, 0.2) is 18.3 Å². The van der Waals surface area contributed by atoms with Crippen LogP contribution in [0, 0.1) is 0 Å². The van der Waals surface area contributed by atoms with Crippen LogP contribution in [0.4, 0.5) is 5.69 Å². The standard InChI is InChI=1S/C12H20N2O6P2/c1-17-21(15,18-2)10-8-11(22(16,19-3)20-4)14-9-6-5-7-13-12(9)10/h5-7,10-11,14H,8H2,1-4H3. The molecule has 1 aliphatic heterocycles. The Bertz CT molecular complexity index is 609. The van der Waals surface area contributed by atoms with Gasteiger partial charge in [0.15, 0.2) is 0 Å². The van der Waals surface area contributed by atoms with Crippen LogP contribution in [0.2, 0.25) is 0 Å². The van der Waals surface area contributed by atoms with Crippen LogP contribution in [0.1, 0.15) is 17.8 Å². The minimum Gasteiger partial charge on any atom is -0.370 e. The normalized spacial score (nSPS) is 22.0. The van der Waals surface area contributed by atoms with E-state index in [1.165, 1.54) is 28.4 Å². The van der Waals surface area contributed by atoms with Crippen LogP contribution in [0.3, 0.4) is 0 Å². The van der Waals surface area contributed by atoms with Crippen molar-refractivity contribution in [3.05, 3.63) is 24.0 Å². The van der Waals surface area contributed by atoms with E-state index >= 15 is 0 Å². The van der Waals surface area contributed by atoms with E-state index in [0.717, 1.165) is 0 Å². The zero-order chi connectivity index (χ0) is 16.4. The fraction of sp³-hybridized carbons (Fsp3) is 0.583. The van der Waals surface area contributed by atoms with Gasteiger partial charge >= 0.3 is 15.2 Å². The summed E-state index contributed by atoms with van der Waals surface area (Å²) in [6.07, 6.45) is 1.78. The SMILES string of the molecule is COP(=O)(OC)C1CC(P(=O)(OC)OC)c2ncccc2N1. The lowest BCUT2D eigenvalue weighted by Gasteiger charge is -2.36. The number of anilines is 1. The highest BCUT2D eigenvalue weighted by Crippen LogP contribution is 2.67.